The highest BCUT2D eigenvalue weighted by molar-refractivity contribution is 6.04. The number of anilines is 1. The maximum Gasteiger partial charge on any atom is 0.336 e. The van der Waals surface area contributed by atoms with E-state index in [-0.39, 0.29) is 11.9 Å². The van der Waals surface area contributed by atoms with E-state index in [1.165, 1.54) is 0 Å². The Morgan fingerprint density at radius 3 is 2.67 bits per heavy atom. The molecule has 0 spiro atoms. The summed E-state index contributed by atoms with van der Waals surface area (Å²) in [6.07, 6.45) is 1.58. The monoisotopic (exact) mass is 404 g/mol. The van der Waals surface area contributed by atoms with Gasteiger partial charge in [-0.2, -0.15) is 4.98 Å². The van der Waals surface area contributed by atoms with E-state index in [0.717, 1.165) is 5.69 Å². The summed E-state index contributed by atoms with van der Waals surface area (Å²) in [6.45, 7) is 2.32. The molecule has 0 aliphatic heterocycles. The molecule has 30 heavy (non-hydrogen) atoms. The van der Waals surface area contributed by atoms with Gasteiger partial charge < -0.3 is 19.2 Å². The zero-order valence-corrected chi connectivity index (χ0v) is 16.5. The third-order valence-corrected chi connectivity index (χ3v) is 4.30. The van der Waals surface area contributed by atoms with Crippen molar-refractivity contribution in [3.63, 3.8) is 0 Å². The van der Waals surface area contributed by atoms with Crippen LogP contribution in [-0.2, 0) is 0 Å². The molecule has 8 nitrogen and oxygen atoms in total. The lowest BCUT2D eigenvalue weighted by Crippen LogP contribution is -2.12. The molecule has 2 heterocycles. The lowest BCUT2D eigenvalue weighted by atomic mass is 10.2. The Morgan fingerprint density at radius 1 is 1.13 bits per heavy atom. The van der Waals surface area contributed by atoms with Gasteiger partial charge in [0.25, 0.3) is 5.91 Å². The normalized spacial score (nSPS) is 10.6. The summed E-state index contributed by atoms with van der Waals surface area (Å²) in [5.41, 5.74) is 1.91. The van der Waals surface area contributed by atoms with Gasteiger partial charge >= 0.3 is 6.01 Å². The van der Waals surface area contributed by atoms with Crippen LogP contribution in [0.2, 0.25) is 0 Å². The fourth-order valence-electron chi connectivity index (χ4n) is 2.88. The van der Waals surface area contributed by atoms with Crippen LogP contribution in [0.25, 0.3) is 17.3 Å². The SMILES string of the molecule is CCOc1nc(-c2ccco2)n(-c2ccc(NC(=O)c3cccc(OC)c3)cc2)n1. The predicted octanol–water partition coefficient (Wildman–Crippen LogP) is 4.19. The zero-order valence-electron chi connectivity index (χ0n) is 16.5. The standard InChI is InChI=1S/C22H20N4O4/c1-3-29-22-24-20(19-8-5-13-30-19)26(25-22)17-11-9-16(10-12-17)23-21(27)15-6-4-7-18(14-15)28-2/h4-14H,3H2,1-2H3,(H,23,27). The number of carbonyl (C=O) groups excluding carboxylic acids is 1. The molecule has 2 aromatic heterocycles. The van der Waals surface area contributed by atoms with E-state index in [1.807, 2.05) is 19.1 Å². The Morgan fingerprint density at radius 2 is 1.97 bits per heavy atom. The average molecular weight is 404 g/mol. The summed E-state index contributed by atoms with van der Waals surface area (Å²) >= 11 is 0. The lowest BCUT2D eigenvalue weighted by molar-refractivity contribution is 0.102. The predicted molar refractivity (Wildman–Crippen MR) is 111 cm³/mol. The summed E-state index contributed by atoms with van der Waals surface area (Å²) in [7, 11) is 1.56. The molecule has 0 aliphatic rings. The Labute approximate surface area is 173 Å². The zero-order chi connectivity index (χ0) is 20.9. The molecular formula is C22H20N4O4. The van der Waals surface area contributed by atoms with Gasteiger partial charge in [0.2, 0.25) is 5.82 Å². The van der Waals surface area contributed by atoms with Crippen LogP contribution in [-0.4, -0.2) is 34.4 Å². The minimum absolute atomic E-state index is 0.225. The van der Waals surface area contributed by atoms with Gasteiger partial charge in [0.1, 0.15) is 5.75 Å². The average Bonchev–Trinajstić information content (AvgIpc) is 3.44. The highest BCUT2D eigenvalue weighted by Crippen LogP contribution is 2.25. The van der Waals surface area contributed by atoms with Gasteiger partial charge in [-0.15, -0.1) is 5.10 Å². The number of furan rings is 1. The molecule has 0 saturated carbocycles. The smallest absolute Gasteiger partial charge is 0.336 e. The maximum atomic E-state index is 12.5. The van der Waals surface area contributed by atoms with Crippen molar-refractivity contribution in [1.82, 2.24) is 14.8 Å². The molecule has 0 saturated heterocycles. The Balaban J connectivity index is 1.57. The van der Waals surface area contributed by atoms with Gasteiger partial charge in [-0.05, 0) is 61.5 Å². The van der Waals surface area contributed by atoms with Crippen molar-refractivity contribution in [3.05, 3.63) is 72.5 Å². The van der Waals surface area contributed by atoms with Gasteiger partial charge in [0, 0.05) is 11.3 Å². The van der Waals surface area contributed by atoms with Crippen molar-refractivity contribution in [3.8, 4) is 29.0 Å². The number of carbonyl (C=O) groups is 1. The number of hydrogen-bond donors (Lipinski definition) is 1. The number of rotatable bonds is 7. The third-order valence-electron chi connectivity index (χ3n) is 4.30. The first-order valence-corrected chi connectivity index (χ1v) is 9.37. The number of aromatic nitrogens is 3. The van der Waals surface area contributed by atoms with Crippen LogP contribution in [0.5, 0.6) is 11.8 Å². The van der Waals surface area contributed by atoms with Gasteiger partial charge in [0.05, 0.1) is 25.7 Å². The van der Waals surface area contributed by atoms with E-state index >= 15 is 0 Å². The largest absolute Gasteiger partial charge is 0.497 e. The van der Waals surface area contributed by atoms with E-state index in [9.17, 15) is 4.79 Å². The highest BCUT2D eigenvalue weighted by Gasteiger charge is 2.17. The quantitative estimate of drug-likeness (QED) is 0.497. The summed E-state index contributed by atoms with van der Waals surface area (Å²) in [5, 5.41) is 7.28. The number of nitrogens with zero attached hydrogens (tertiary/aromatic N) is 3. The molecule has 0 bridgehead atoms. The molecule has 0 fully saturated rings. The Kier molecular flexibility index (Phi) is 5.47. The summed E-state index contributed by atoms with van der Waals surface area (Å²) in [6, 6.07) is 18.1. The van der Waals surface area contributed by atoms with Crippen LogP contribution in [0.3, 0.4) is 0 Å². The number of hydrogen-bond acceptors (Lipinski definition) is 6. The Bertz CT molecular complexity index is 1130. The van der Waals surface area contributed by atoms with Crippen molar-refractivity contribution in [1.29, 1.82) is 0 Å². The number of ether oxygens (including phenoxy) is 2. The topological polar surface area (TPSA) is 91.4 Å². The second-order valence-corrected chi connectivity index (χ2v) is 6.27. The first-order valence-electron chi connectivity index (χ1n) is 9.37. The van der Waals surface area contributed by atoms with E-state index in [0.29, 0.717) is 35.2 Å². The van der Waals surface area contributed by atoms with Crippen molar-refractivity contribution >= 4 is 11.6 Å². The van der Waals surface area contributed by atoms with Crippen LogP contribution in [0.4, 0.5) is 5.69 Å². The minimum Gasteiger partial charge on any atom is -0.497 e. The molecule has 0 radical (unpaired) electrons. The van der Waals surface area contributed by atoms with Crippen LogP contribution in [0, 0.1) is 0 Å². The van der Waals surface area contributed by atoms with Gasteiger partial charge in [0.15, 0.2) is 5.76 Å². The molecule has 2 aromatic carbocycles. The fourth-order valence-corrected chi connectivity index (χ4v) is 2.88. The molecule has 0 atom stereocenters. The van der Waals surface area contributed by atoms with Gasteiger partial charge in [-0.25, -0.2) is 4.68 Å². The fraction of sp³-hybridized carbons (Fsp3) is 0.136. The first kappa shape index (κ1) is 19.3. The summed E-state index contributed by atoms with van der Waals surface area (Å²) < 4.78 is 17.7. The molecule has 8 heteroatoms. The molecule has 1 N–H and O–H groups in total. The van der Waals surface area contributed by atoms with Crippen LogP contribution >= 0.6 is 0 Å². The molecular weight excluding hydrogens is 384 g/mol. The van der Waals surface area contributed by atoms with Crippen molar-refractivity contribution in [2.45, 2.75) is 6.92 Å². The second kappa shape index (κ2) is 8.52. The Hall–Kier alpha value is -4.07. The maximum absolute atomic E-state index is 12.5. The molecule has 4 aromatic rings. The molecule has 152 valence electrons. The third kappa shape index (κ3) is 4.02. The second-order valence-electron chi connectivity index (χ2n) is 6.27. The molecule has 4 rings (SSSR count). The number of nitrogens with one attached hydrogen (secondary N) is 1. The van der Waals surface area contributed by atoms with E-state index in [4.69, 9.17) is 13.9 Å². The molecule has 0 unspecified atom stereocenters. The molecule has 0 aliphatic carbocycles. The summed E-state index contributed by atoms with van der Waals surface area (Å²) in [4.78, 5) is 16.9. The highest BCUT2D eigenvalue weighted by atomic mass is 16.5. The number of methoxy groups -OCH3 is 1. The number of benzene rings is 2. The summed E-state index contributed by atoms with van der Waals surface area (Å²) in [5.74, 6) is 1.50. The van der Waals surface area contributed by atoms with Crippen molar-refractivity contribution in [2.75, 3.05) is 19.0 Å². The minimum atomic E-state index is -0.225. The van der Waals surface area contributed by atoms with Crippen LogP contribution < -0.4 is 14.8 Å². The van der Waals surface area contributed by atoms with Gasteiger partial charge in [-0.3, -0.25) is 4.79 Å². The molecule has 1 amide bonds. The van der Waals surface area contributed by atoms with Crippen LogP contribution in [0.1, 0.15) is 17.3 Å². The lowest BCUT2D eigenvalue weighted by Gasteiger charge is -2.08. The van der Waals surface area contributed by atoms with Crippen LogP contribution in [0.15, 0.2) is 71.3 Å². The van der Waals surface area contributed by atoms with Crippen molar-refractivity contribution in [2.24, 2.45) is 0 Å². The first-order chi connectivity index (χ1) is 14.7. The van der Waals surface area contributed by atoms with E-state index < -0.39 is 0 Å². The van der Waals surface area contributed by atoms with E-state index in [1.54, 1.807) is 66.6 Å². The van der Waals surface area contributed by atoms with Crippen molar-refractivity contribution < 1.29 is 18.7 Å². The van der Waals surface area contributed by atoms with Gasteiger partial charge in [-0.1, -0.05) is 6.07 Å². The number of amides is 1. The van der Waals surface area contributed by atoms with E-state index in [2.05, 4.69) is 15.4 Å².